The summed E-state index contributed by atoms with van der Waals surface area (Å²) in [6.45, 7) is 0.868. The van der Waals surface area contributed by atoms with Gasteiger partial charge >= 0.3 is 0 Å². The predicted molar refractivity (Wildman–Crippen MR) is 69.0 cm³/mol. The molecule has 1 heterocycles. The highest BCUT2D eigenvalue weighted by Gasteiger charge is 2.35. The van der Waals surface area contributed by atoms with Crippen LogP contribution in [0.15, 0.2) is 24.3 Å². The Morgan fingerprint density at radius 3 is 2.82 bits per heavy atom. The minimum atomic E-state index is 0.259. The molecule has 1 saturated carbocycles. The van der Waals surface area contributed by atoms with Crippen LogP contribution in [0.4, 0.5) is 0 Å². The van der Waals surface area contributed by atoms with Crippen LogP contribution in [0, 0.1) is 5.92 Å². The van der Waals surface area contributed by atoms with Crippen LogP contribution in [0.1, 0.15) is 36.5 Å². The second-order valence-electron chi connectivity index (χ2n) is 5.25. The first-order valence-corrected chi connectivity index (χ1v) is 6.77. The van der Waals surface area contributed by atoms with Gasteiger partial charge in [0.15, 0.2) is 0 Å². The van der Waals surface area contributed by atoms with Crippen molar-refractivity contribution in [2.24, 2.45) is 5.92 Å². The van der Waals surface area contributed by atoms with E-state index in [0.29, 0.717) is 6.04 Å². The van der Waals surface area contributed by atoms with E-state index in [1.54, 1.807) is 0 Å². The van der Waals surface area contributed by atoms with Gasteiger partial charge in [0.05, 0.1) is 12.7 Å². The summed E-state index contributed by atoms with van der Waals surface area (Å²) >= 11 is 0. The quantitative estimate of drug-likeness (QED) is 0.863. The number of hydrogen-bond acceptors (Lipinski definition) is 2. The molecule has 1 aromatic carbocycles. The van der Waals surface area contributed by atoms with Crippen molar-refractivity contribution in [2.45, 2.75) is 37.8 Å². The molecule has 0 bridgehead atoms. The molecule has 2 atom stereocenters. The molecule has 1 aliphatic carbocycles. The van der Waals surface area contributed by atoms with Crippen LogP contribution in [0.5, 0.6) is 0 Å². The Labute approximate surface area is 103 Å². The molecule has 1 N–H and O–H groups in total. The highest BCUT2D eigenvalue weighted by atomic mass is 16.5. The summed E-state index contributed by atoms with van der Waals surface area (Å²) in [6, 6.07) is 9.25. The third kappa shape index (κ3) is 2.00. The monoisotopic (exact) mass is 231 g/mol. The zero-order chi connectivity index (χ0) is 11.7. The van der Waals surface area contributed by atoms with Gasteiger partial charge in [0.1, 0.15) is 0 Å². The lowest BCUT2D eigenvalue weighted by Crippen LogP contribution is -2.44. The van der Waals surface area contributed by atoms with Gasteiger partial charge in [0, 0.05) is 6.04 Å². The largest absolute Gasteiger partial charge is 0.372 e. The molecule has 0 saturated heterocycles. The van der Waals surface area contributed by atoms with E-state index in [2.05, 4.69) is 36.6 Å². The fraction of sp³-hybridized carbons (Fsp3) is 0.600. The van der Waals surface area contributed by atoms with E-state index in [9.17, 15) is 0 Å². The molecule has 2 unspecified atom stereocenters. The Morgan fingerprint density at radius 2 is 2.12 bits per heavy atom. The van der Waals surface area contributed by atoms with Crippen molar-refractivity contribution in [1.82, 2.24) is 5.32 Å². The molecule has 0 radical (unpaired) electrons. The van der Waals surface area contributed by atoms with Crippen LogP contribution >= 0.6 is 0 Å². The highest BCUT2D eigenvalue weighted by Crippen LogP contribution is 2.39. The number of likely N-dealkylation sites (N-methyl/N-ethyl adjacent to an activating group) is 1. The number of ether oxygens (including phenoxy) is 1. The van der Waals surface area contributed by atoms with Gasteiger partial charge in [-0.15, -0.1) is 0 Å². The van der Waals surface area contributed by atoms with Crippen LogP contribution in [0.2, 0.25) is 0 Å². The molecule has 0 spiro atoms. The van der Waals surface area contributed by atoms with Crippen molar-refractivity contribution in [3.63, 3.8) is 0 Å². The Hall–Kier alpha value is -0.860. The number of benzene rings is 1. The molecule has 2 heteroatoms. The van der Waals surface area contributed by atoms with E-state index in [0.717, 1.165) is 18.9 Å². The maximum Gasteiger partial charge on any atom is 0.0983 e. The minimum Gasteiger partial charge on any atom is -0.372 e. The van der Waals surface area contributed by atoms with Crippen LogP contribution < -0.4 is 5.32 Å². The van der Waals surface area contributed by atoms with Crippen molar-refractivity contribution >= 4 is 0 Å². The molecule has 2 aliphatic rings. The Morgan fingerprint density at radius 1 is 1.29 bits per heavy atom. The fourth-order valence-electron chi connectivity index (χ4n) is 3.16. The Bertz CT molecular complexity index is 386. The summed E-state index contributed by atoms with van der Waals surface area (Å²) in [5.41, 5.74) is 2.88. The van der Waals surface area contributed by atoms with Crippen molar-refractivity contribution < 1.29 is 4.74 Å². The molecular weight excluding hydrogens is 210 g/mol. The SMILES string of the molecule is CNC(C1CCC1)C1OCCc2ccccc21. The molecular formula is C15H21NO. The van der Waals surface area contributed by atoms with Gasteiger partial charge in [-0.05, 0) is 43.4 Å². The second kappa shape index (κ2) is 4.79. The molecule has 0 aromatic heterocycles. The van der Waals surface area contributed by atoms with E-state index in [-0.39, 0.29) is 6.10 Å². The summed E-state index contributed by atoms with van der Waals surface area (Å²) in [5, 5.41) is 3.49. The zero-order valence-corrected chi connectivity index (χ0v) is 10.5. The van der Waals surface area contributed by atoms with Crippen LogP contribution in [0.3, 0.4) is 0 Å². The summed E-state index contributed by atoms with van der Waals surface area (Å²) in [5.74, 6) is 0.802. The first-order valence-electron chi connectivity index (χ1n) is 6.77. The lowest BCUT2D eigenvalue weighted by atomic mass is 9.75. The summed E-state index contributed by atoms with van der Waals surface area (Å²) in [6.07, 6.45) is 5.42. The van der Waals surface area contributed by atoms with Gasteiger partial charge in [-0.1, -0.05) is 30.7 Å². The standard InChI is InChI=1S/C15H21NO/c1-16-14(12-6-4-7-12)15-13-8-3-2-5-11(13)9-10-17-15/h2-3,5,8,12,14-16H,4,6-7,9-10H2,1H3. The summed E-state index contributed by atoms with van der Waals surface area (Å²) in [7, 11) is 2.07. The van der Waals surface area contributed by atoms with Crippen LogP contribution in [0.25, 0.3) is 0 Å². The van der Waals surface area contributed by atoms with Gasteiger partial charge in [-0.25, -0.2) is 0 Å². The third-order valence-corrected chi connectivity index (χ3v) is 4.35. The summed E-state index contributed by atoms with van der Waals surface area (Å²) < 4.78 is 6.05. The molecule has 0 amide bonds. The molecule has 1 aliphatic heterocycles. The Balaban J connectivity index is 1.87. The maximum atomic E-state index is 6.05. The average molecular weight is 231 g/mol. The van der Waals surface area contributed by atoms with Crippen molar-refractivity contribution in [3.8, 4) is 0 Å². The van der Waals surface area contributed by atoms with Crippen molar-refractivity contribution in [2.75, 3.05) is 13.7 Å². The molecule has 92 valence electrons. The Kier molecular flexibility index (Phi) is 3.17. The number of hydrogen-bond donors (Lipinski definition) is 1. The fourth-order valence-corrected chi connectivity index (χ4v) is 3.16. The average Bonchev–Trinajstić information content (AvgIpc) is 2.33. The second-order valence-corrected chi connectivity index (χ2v) is 5.25. The molecule has 2 nitrogen and oxygen atoms in total. The van der Waals surface area contributed by atoms with Gasteiger partial charge in [0.2, 0.25) is 0 Å². The lowest BCUT2D eigenvalue weighted by molar-refractivity contribution is -0.00987. The third-order valence-electron chi connectivity index (χ3n) is 4.35. The first kappa shape index (κ1) is 11.2. The van der Waals surface area contributed by atoms with Gasteiger partial charge in [-0.3, -0.25) is 0 Å². The van der Waals surface area contributed by atoms with Crippen molar-refractivity contribution in [3.05, 3.63) is 35.4 Å². The normalized spacial score (nSPS) is 26.1. The highest BCUT2D eigenvalue weighted by molar-refractivity contribution is 5.32. The first-order chi connectivity index (χ1) is 8.40. The number of fused-ring (bicyclic) bond motifs is 1. The van der Waals surface area contributed by atoms with Crippen molar-refractivity contribution in [1.29, 1.82) is 0 Å². The molecule has 17 heavy (non-hydrogen) atoms. The van der Waals surface area contributed by atoms with E-state index < -0.39 is 0 Å². The number of rotatable bonds is 3. The lowest BCUT2D eigenvalue weighted by Gasteiger charge is -2.40. The molecule has 1 aromatic rings. The van der Waals surface area contributed by atoms with E-state index in [4.69, 9.17) is 4.74 Å². The smallest absolute Gasteiger partial charge is 0.0983 e. The molecule has 3 rings (SSSR count). The van der Waals surface area contributed by atoms with Crippen LogP contribution in [-0.2, 0) is 11.2 Å². The topological polar surface area (TPSA) is 21.3 Å². The molecule has 1 fully saturated rings. The van der Waals surface area contributed by atoms with Gasteiger partial charge in [0.25, 0.3) is 0 Å². The number of nitrogens with one attached hydrogen (secondary N) is 1. The van der Waals surface area contributed by atoms with E-state index in [1.165, 1.54) is 30.4 Å². The van der Waals surface area contributed by atoms with E-state index in [1.807, 2.05) is 0 Å². The van der Waals surface area contributed by atoms with Gasteiger partial charge in [-0.2, -0.15) is 0 Å². The van der Waals surface area contributed by atoms with Gasteiger partial charge < -0.3 is 10.1 Å². The minimum absolute atomic E-state index is 0.259. The predicted octanol–water partition coefficient (Wildman–Crippen LogP) is 2.69. The zero-order valence-electron chi connectivity index (χ0n) is 10.5. The summed E-state index contributed by atoms with van der Waals surface area (Å²) in [4.78, 5) is 0. The van der Waals surface area contributed by atoms with Crippen LogP contribution in [-0.4, -0.2) is 19.7 Å². The van der Waals surface area contributed by atoms with E-state index >= 15 is 0 Å². The maximum absolute atomic E-state index is 6.05.